The topological polar surface area (TPSA) is 26.3 Å². The molecule has 0 unspecified atom stereocenters. The number of cyclic esters (lactones) is 1. The molecule has 1 aliphatic heterocycles. The maximum Gasteiger partial charge on any atom is 0.310 e. The Labute approximate surface area is 48.1 Å². The lowest BCUT2D eigenvalue weighted by Crippen LogP contribution is -2.15. The number of carbonyl (C=O) groups excluding carboxylic acids is 1. The van der Waals surface area contributed by atoms with Crippen molar-refractivity contribution in [1.29, 1.82) is 0 Å². The molecular formula is C6H8O2. The van der Waals surface area contributed by atoms with Crippen LogP contribution >= 0.6 is 0 Å². The van der Waals surface area contributed by atoms with Crippen LogP contribution in [0.5, 0.6) is 0 Å². The molecule has 0 spiro atoms. The molecule has 1 aliphatic rings. The lowest BCUT2D eigenvalue weighted by atomic mass is 10.2. The maximum atomic E-state index is 10.4. The number of carbonyl (C=O) groups is 1. The van der Waals surface area contributed by atoms with E-state index < -0.39 is 0 Å². The van der Waals surface area contributed by atoms with Gasteiger partial charge in [-0.3, -0.25) is 4.79 Å². The molecule has 0 saturated heterocycles. The zero-order valence-corrected chi connectivity index (χ0v) is 4.76. The van der Waals surface area contributed by atoms with Crippen molar-refractivity contribution in [2.24, 2.45) is 0 Å². The number of esters is 1. The molecule has 1 atom stereocenters. The predicted molar refractivity (Wildman–Crippen MR) is 29.3 cm³/mol. The van der Waals surface area contributed by atoms with E-state index in [2.05, 4.69) is 0 Å². The fraction of sp³-hybridized carbons (Fsp3) is 0.500. The van der Waals surface area contributed by atoms with Gasteiger partial charge in [-0.05, 0) is 13.0 Å². The van der Waals surface area contributed by atoms with Crippen molar-refractivity contribution in [3.05, 3.63) is 12.2 Å². The van der Waals surface area contributed by atoms with Crippen LogP contribution in [0.3, 0.4) is 0 Å². The molecule has 0 amide bonds. The molecule has 0 saturated carbocycles. The van der Waals surface area contributed by atoms with E-state index in [4.69, 9.17) is 4.74 Å². The van der Waals surface area contributed by atoms with Gasteiger partial charge in [0, 0.05) is 0 Å². The molecule has 44 valence electrons. The average molecular weight is 112 g/mol. The number of hydrogen-bond donors (Lipinski definition) is 0. The van der Waals surface area contributed by atoms with Crippen LogP contribution < -0.4 is 0 Å². The molecule has 0 aromatic carbocycles. The van der Waals surface area contributed by atoms with Gasteiger partial charge in [-0.2, -0.15) is 0 Å². The van der Waals surface area contributed by atoms with E-state index >= 15 is 0 Å². The highest BCUT2D eigenvalue weighted by Crippen LogP contribution is 2.03. The van der Waals surface area contributed by atoms with Gasteiger partial charge in [-0.25, -0.2) is 0 Å². The van der Waals surface area contributed by atoms with Gasteiger partial charge < -0.3 is 4.74 Å². The zero-order valence-electron chi connectivity index (χ0n) is 4.76. The number of ether oxygens (including phenoxy) is 1. The summed E-state index contributed by atoms with van der Waals surface area (Å²) in [4.78, 5) is 10.4. The molecule has 0 fully saturated rings. The molecular weight excluding hydrogens is 104 g/mol. The van der Waals surface area contributed by atoms with Gasteiger partial charge in [0.1, 0.15) is 6.10 Å². The summed E-state index contributed by atoms with van der Waals surface area (Å²) in [6.07, 6.45) is 4.12. The van der Waals surface area contributed by atoms with Crippen LogP contribution in [0, 0.1) is 0 Å². The van der Waals surface area contributed by atoms with E-state index in [0.29, 0.717) is 6.42 Å². The summed E-state index contributed by atoms with van der Waals surface area (Å²) in [5, 5.41) is 0. The molecule has 0 N–H and O–H groups in total. The van der Waals surface area contributed by atoms with E-state index in [1.807, 2.05) is 19.1 Å². The quantitative estimate of drug-likeness (QED) is 0.343. The van der Waals surface area contributed by atoms with E-state index in [9.17, 15) is 4.79 Å². The highest BCUT2D eigenvalue weighted by atomic mass is 16.5. The van der Waals surface area contributed by atoms with Crippen LogP contribution in [0.15, 0.2) is 12.2 Å². The molecule has 1 heterocycles. The number of hydrogen-bond acceptors (Lipinski definition) is 2. The SMILES string of the molecule is C[C@H]1C=CCC(=O)O1. The van der Waals surface area contributed by atoms with Crippen LogP contribution in [-0.4, -0.2) is 12.1 Å². The molecule has 8 heavy (non-hydrogen) atoms. The highest BCUT2D eigenvalue weighted by Gasteiger charge is 2.08. The van der Waals surface area contributed by atoms with E-state index in [0.717, 1.165) is 0 Å². The second-order valence-electron chi connectivity index (χ2n) is 1.83. The van der Waals surface area contributed by atoms with Crippen LogP contribution in [0.4, 0.5) is 0 Å². The summed E-state index contributed by atoms with van der Waals surface area (Å²) in [5.41, 5.74) is 0. The third-order valence-corrected chi connectivity index (χ3v) is 1.01. The van der Waals surface area contributed by atoms with Crippen molar-refractivity contribution in [2.75, 3.05) is 0 Å². The van der Waals surface area contributed by atoms with E-state index in [1.165, 1.54) is 0 Å². The van der Waals surface area contributed by atoms with Gasteiger partial charge >= 0.3 is 5.97 Å². The van der Waals surface area contributed by atoms with Gasteiger partial charge in [0.15, 0.2) is 0 Å². The van der Waals surface area contributed by atoms with E-state index in [-0.39, 0.29) is 12.1 Å². The summed E-state index contributed by atoms with van der Waals surface area (Å²) in [6.45, 7) is 1.84. The third-order valence-electron chi connectivity index (χ3n) is 1.01. The summed E-state index contributed by atoms with van der Waals surface area (Å²) in [5.74, 6) is -0.125. The summed E-state index contributed by atoms with van der Waals surface area (Å²) >= 11 is 0. The first-order chi connectivity index (χ1) is 3.79. The summed E-state index contributed by atoms with van der Waals surface area (Å²) in [6, 6.07) is 0. The molecule has 0 radical (unpaired) electrons. The van der Waals surface area contributed by atoms with Gasteiger partial charge in [-0.1, -0.05) is 6.08 Å². The van der Waals surface area contributed by atoms with Crippen molar-refractivity contribution in [1.82, 2.24) is 0 Å². The van der Waals surface area contributed by atoms with Crippen LogP contribution in [-0.2, 0) is 9.53 Å². The molecule has 0 bridgehead atoms. The number of rotatable bonds is 0. The Morgan fingerprint density at radius 1 is 1.88 bits per heavy atom. The highest BCUT2D eigenvalue weighted by molar-refractivity contribution is 5.72. The van der Waals surface area contributed by atoms with Gasteiger partial charge in [0.2, 0.25) is 0 Å². The maximum absolute atomic E-state index is 10.4. The van der Waals surface area contributed by atoms with Crippen LogP contribution in [0.25, 0.3) is 0 Å². The first-order valence-electron chi connectivity index (χ1n) is 2.65. The van der Waals surface area contributed by atoms with Crippen molar-refractivity contribution in [3.63, 3.8) is 0 Å². The van der Waals surface area contributed by atoms with Crippen molar-refractivity contribution < 1.29 is 9.53 Å². The first-order valence-corrected chi connectivity index (χ1v) is 2.65. The largest absolute Gasteiger partial charge is 0.458 e. The molecule has 1 rings (SSSR count). The molecule has 0 aromatic rings. The normalized spacial score (nSPS) is 27.6. The average Bonchev–Trinajstić information content (AvgIpc) is 1.64. The monoisotopic (exact) mass is 112 g/mol. The van der Waals surface area contributed by atoms with Crippen molar-refractivity contribution >= 4 is 5.97 Å². The van der Waals surface area contributed by atoms with Crippen LogP contribution in [0.2, 0.25) is 0 Å². The summed E-state index contributed by atoms with van der Waals surface area (Å²) in [7, 11) is 0. The van der Waals surface area contributed by atoms with Crippen LogP contribution in [0.1, 0.15) is 13.3 Å². The molecule has 2 nitrogen and oxygen atoms in total. The van der Waals surface area contributed by atoms with Gasteiger partial charge in [-0.15, -0.1) is 0 Å². The molecule has 0 aromatic heterocycles. The fourth-order valence-electron chi connectivity index (χ4n) is 0.651. The Hall–Kier alpha value is -0.790. The minimum Gasteiger partial charge on any atom is -0.458 e. The van der Waals surface area contributed by atoms with E-state index in [1.54, 1.807) is 0 Å². The zero-order chi connectivity index (χ0) is 5.98. The Balaban J connectivity index is 2.54. The second kappa shape index (κ2) is 1.99. The standard InChI is InChI=1S/C6H8O2/c1-5-3-2-4-6(7)8-5/h2-3,5H,4H2,1H3/t5-/m0/s1. The Bertz CT molecular complexity index is 126. The lowest BCUT2D eigenvalue weighted by molar-refractivity contribution is -0.146. The minimum atomic E-state index is -0.125. The molecule has 2 heteroatoms. The Kier molecular flexibility index (Phi) is 1.33. The molecule has 0 aliphatic carbocycles. The third kappa shape index (κ3) is 1.09. The fourth-order valence-corrected chi connectivity index (χ4v) is 0.651. The lowest BCUT2D eigenvalue weighted by Gasteiger charge is -2.11. The predicted octanol–water partition coefficient (Wildman–Crippen LogP) is 0.878. The first kappa shape index (κ1) is 5.35. The van der Waals surface area contributed by atoms with Gasteiger partial charge in [0.05, 0.1) is 6.42 Å². The summed E-state index contributed by atoms with van der Waals surface area (Å²) < 4.78 is 4.76. The second-order valence-corrected chi connectivity index (χ2v) is 1.83. The Morgan fingerprint density at radius 3 is 3.00 bits per heavy atom. The van der Waals surface area contributed by atoms with Crippen molar-refractivity contribution in [2.45, 2.75) is 19.4 Å². The minimum absolute atomic E-state index is 0.0174. The van der Waals surface area contributed by atoms with Crippen molar-refractivity contribution in [3.8, 4) is 0 Å². The smallest absolute Gasteiger partial charge is 0.310 e. The Morgan fingerprint density at radius 2 is 2.62 bits per heavy atom. The van der Waals surface area contributed by atoms with Gasteiger partial charge in [0.25, 0.3) is 0 Å².